The zero-order valence-electron chi connectivity index (χ0n) is 54.7. The number of benzene rings is 8. The number of carbonyl (C=O) groups is 4. The van der Waals surface area contributed by atoms with E-state index in [0.29, 0.717) is 16.9 Å². The fraction of sp³-hybridized carbons (Fsp3) is 0.316. The predicted molar refractivity (Wildman–Crippen MR) is 359 cm³/mol. The van der Waals surface area contributed by atoms with Crippen LogP contribution in [-0.4, -0.2) is 164 Å². The maximum absolute atomic E-state index is 15.7. The van der Waals surface area contributed by atoms with Crippen molar-refractivity contribution in [2.24, 2.45) is 0 Å². The Hall–Kier alpha value is -9.14. The fourth-order valence-corrected chi connectivity index (χ4v) is 13.7. The Balaban J connectivity index is 0.916. The molecular weight excluding hydrogens is 1280 g/mol. The van der Waals surface area contributed by atoms with Crippen LogP contribution < -0.4 is 9.47 Å². The number of fused-ring (bicyclic) bond motifs is 3. The summed E-state index contributed by atoms with van der Waals surface area (Å²) in [6.07, 6.45) is -17.0. The predicted octanol–water partition coefficient (Wildman–Crippen LogP) is 10.00. The van der Waals surface area contributed by atoms with Crippen LogP contribution in [0.15, 0.2) is 237 Å². The van der Waals surface area contributed by atoms with Gasteiger partial charge in [-0.3, -0.25) is 29.0 Å². The first-order valence-electron chi connectivity index (χ1n) is 33.4. The SMILES string of the molecule is C=CCO[C@@H]1[C@H](O)[C@H](O[C@H]2[C@H](OCc3ccccc3)[C@@H](N3C(=O)c4ccccc4C3=O)[C@H](O[C@H]3[C@H](OCc4ccccc4)[C@@H](N4C(=O)c5ccccc5C4=O)[C@H](Oc4ccc(OC)cc4)O[C@@H]3COCc3ccccc3)O[C@@H]2COCc2ccccc2)O[C@@H]2COC(c3ccccc3)O[C@@H]12. The van der Waals surface area contributed by atoms with Crippen molar-refractivity contribution in [3.63, 3.8) is 0 Å². The highest BCUT2D eigenvalue weighted by atomic mass is 16.8. The van der Waals surface area contributed by atoms with E-state index < -0.39 is 122 Å². The standard InChI is InChI=1S/C79H76N2O19/c1-3-41-90-71-65(82)79(97-62-48-93-76(98-68(62)71)53-31-17-8-18-32-53)100-67-61(47-89-43-50-25-11-5-12-26-50)96-78(64(70(67)92-45-52-29-15-7-16-30-52)81-74(85)58-35-21-22-36-59(58)75(81)86)99-66-60(46-88-42-49-23-9-4-10-24-49)95-77(94-55-39-37-54(87-2)38-40-55)63(69(66)91-44-51-27-13-6-14-28-51)80-72(83)56-33-19-20-34-57(56)73(80)84/h3-40,60-71,76-79,82H,1,41-48H2,2H3/t60-,61-,62-,63-,64-,65+,66-,67-,68-,69-,70-,71-,76?,77-,78+,79+/m1/s1. The topological polar surface area (TPSA) is 224 Å². The van der Waals surface area contributed by atoms with Crippen molar-refractivity contribution in [3.8, 4) is 11.5 Å². The van der Waals surface area contributed by atoms with Crippen molar-refractivity contribution in [3.05, 3.63) is 287 Å². The third-order valence-electron chi connectivity index (χ3n) is 18.5. The van der Waals surface area contributed by atoms with Gasteiger partial charge in [0.25, 0.3) is 23.6 Å². The van der Waals surface area contributed by atoms with E-state index >= 15 is 19.2 Å². The molecule has 516 valence electrons. The second kappa shape index (κ2) is 31.6. The van der Waals surface area contributed by atoms with Crippen LogP contribution in [0, 0.1) is 0 Å². The molecule has 4 saturated heterocycles. The molecule has 1 N–H and O–H groups in total. The lowest BCUT2D eigenvalue weighted by Gasteiger charge is -2.53. The molecule has 0 saturated carbocycles. The molecule has 0 radical (unpaired) electrons. The van der Waals surface area contributed by atoms with Crippen molar-refractivity contribution in [1.82, 2.24) is 9.80 Å². The van der Waals surface area contributed by atoms with Gasteiger partial charge in [0.15, 0.2) is 18.9 Å². The summed E-state index contributed by atoms with van der Waals surface area (Å²) in [5, 5.41) is 12.8. The van der Waals surface area contributed by atoms with Gasteiger partial charge in [0.1, 0.15) is 84.6 Å². The lowest BCUT2D eigenvalue weighted by atomic mass is 9.92. The van der Waals surface area contributed by atoms with E-state index in [2.05, 4.69) is 6.58 Å². The summed E-state index contributed by atoms with van der Waals surface area (Å²) in [4.78, 5) is 64.1. The zero-order chi connectivity index (χ0) is 68.5. The van der Waals surface area contributed by atoms with Crippen molar-refractivity contribution in [2.75, 3.05) is 33.5 Å². The molecule has 8 aromatic rings. The van der Waals surface area contributed by atoms with Gasteiger partial charge in [-0.2, -0.15) is 0 Å². The number of amides is 4. The van der Waals surface area contributed by atoms with E-state index in [1.54, 1.807) is 78.9 Å². The molecule has 1 unspecified atom stereocenters. The molecule has 6 heterocycles. The molecular formula is C79H76N2O19. The van der Waals surface area contributed by atoms with Crippen LogP contribution in [0.3, 0.4) is 0 Å². The Morgan fingerprint density at radius 1 is 0.450 bits per heavy atom. The number of hydrogen-bond acceptors (Lipinski definition) is 19. The summed E-state index contributed by atoms with van der Waals surface area (Å²) in [5.74, 6) is -1.95. The number of carbonyl (C=O) groups excluding carboxylic acids is 4. The Kier molecular flexibility index (Phi) is 21.5. The molecule has 0 bridgehead atoms. The lowest BCUT2D eigenvalue weighted by molar-refractivity contribution is -0.391. The summed E-state index contributed by atoms with van der Waals surface area (Å²) in [7, 11) is 1.54. The minimum absolute atomic E-state index is 0.00544. The van der Waals surface area contributed by atoms with E-state index in [9.17, 15) is 5.11 Å². The molecule has 0 aromatic heterocycles. The molecule has 21 heteroatoms. The highest BCUT2D eigenvalue weighted by Gasteiger charge is 2.62. The summed E-state index contributed by atoms with van der Waals surface area (Å²) < 4.78 is 95.9. The van der Waals surface area contributed by atoms with Crippen LogP contribution >= 0.6 is 0 Å². The number of methoxy groups -OCH3 is 1. The first kappa shape index (κ1) is 68.0. The number of nitrogens with zero attached hydrogens (tertiary/aromatic N) is 2. The van der Waals surface area contributed by atoms with Crippen LogP contribution in [0.4, 0.5) is 0 Å². The van der Waals surface area contributed by atoms with Gasteiger partial charge in [0.2, 0.25) is 6.29 Å². The average molecular weight is 1360 g/mol. The number of imide groups is 2. The largest absolute Gasteiger partial charge is 0.497 e. The third-order valence-corrected chi connectivity index (χ3v) is 18.5. The molecule has 0 aliphatic carbocycles. The van der Waals surface area contributed by atoms with Gasteiger partial charge in [-0.25, -0.2) is 0 Å². The van der Waals surface area contributed by atoms with Gasteiger partial charge in [-0.15, -0.1) is 6.58 Å². The Morgan fingerprint density at radius 3 is 1.32 bits per heavy atom. The number of aliphatic hydroxyl groups is 1. The highest BCUT2D eigenvalue weighted by molar-refractivity contribution is 6.22. The number of rotatable bonds is 27. The molecule has 6 aliphatic rings. The number of ether oxygens (including phenoxy) is 14. The van der Waals surface area contributed by atoms with Gasteiger partial charge in [-0.1, -0.05) is 182 Å². The second-order valence-electron chi connectivity index (χ2n) is 24.9. The molecule has 6 aliphatic heterocycles. The Labute approximate surface area is 578 Å². The third kappa shape index (κ3) is 14.7. The first-order valence-corrected chi connectivity index (χ1v) is 33.4. The van der Waals surface area contributed by atoms with Gasteiger partial charge in [0, 0.05) is 5.56 Å². The second-order valence-corrected chi connectivity index (χ2v) is 24.9. The van der Waals surface area contributed by atoms with Crippen molar-refractivity contribution in [1.29, 1.82) is 0 Å². The highest BCUT2D eigenvalue weighted by Crippen LogP contribution is 2.44. The van der Waals surface area contributed by atoms with Crippen molar-refractivity contribution >= 4 is 23.6 Å². The van der Waals surface area contributed by atoms with E-state index in [1.165, 1.54) is 7.11 Å². The minimum Gasteiger partial charge on any atom is -0.497 e. The van der Waals surface area contributed by atoms with Gasteiger partial charge >= 0.3 is 0 Å². The summed E-state index contributed by atoms with van der Waals surface area (Å²) in [6.45, 7) is 3.26. The Morgan fingerprint density at radius 2 is 0.860 bits per heavy atom. The van der Waals surface area contributed by atoms with Gasteiger partial charge < -0.3 is 71.4 Å². The van der Waals surface area contributed by atoms with Crippen LogP contribution in [-0.2, 0) is 83.3 Å². The molecule has 14 rings (SSSR count). The molecule has 0 spiro atoms. The summed E-state index contributed by atoms with van der Waals surface area (Å²) >= 11 is 0. The van der Waals surface area contributed by atoms with E-state index in [1.807, 2.05) is 152 Å². The van der Waals surface area contributed by atoms with Crippen LogP contribution in [0.25, 0.3) is 0 Å². The maximum Gasteiger partial charge on any atom is 0.262 e. The zero-order valence-corrected chi connectivity index (χ0v) is 54.7. The average Bonchev–Trinajstić information content (AvgIpc) is 1.65. The lowest BCUT2D eigenvalue weighted by Crippen LogP contribution is -2.72. The molecule has 21 nitrogen and oxygen atoms in total. The quantitative estimate of drug-likeness (QED) is 0.0373. The summed E-state index contributed by atoms with van der Waals surface area (Å²) in [5.41, 5.74) is 4.23. The van der Waals surface area contributed by atoms with E-state index in [4.69, 9.17) is 66.3 Å². The molecule has 4 amide bonds. The van der Waals surface area contributed by atoms with Crippen molar-refractivity contribution < 1.29 is 90.6 Å². The smallest absolute Gasteiger partial charge is 0.262 e. The number of aliphatic hydroxyl groups excluding tert-OH is 1. The fourth-order valence-electron chi connectivity index (χ4n) is 13.7. The van der Waals surface area contributed by atoms with Crippen LogP contribution in [0.2, 0.25) is 0 Å². The molecule has 8 aromatic carbocycles. The monoisotopic (exact) mass is 1360 g/mol. The minimum atomic E-state index is -1.77. The first-order chi connectivity index (χ1) is 49.1. The van der Waals surface area contributed by atoms with Crippen LogP contribution in [0.5, 0.6) is 11.5 Å². The van der Waals surface area contributed by atoms with E-state index in [-0.39, 0.29) is 80.9 Å². The van der Waals surface area contributed by atoms with Crippen molar-refractivity contribution in [2.45, 2.75) is 125 Å². The maximum atomic E-state index is 15.7. The normalized spacial score (nSPS) is 27.9. The van der Waals surface area contributed by atoms with Crippen LogP contribution in [0.1, 0.15) is 75.5 Å². The summed E-state index contributed by atoms with van der Waals surface area (Å²) in [6, 6.07) is 63.5. The molecule has 16 atom stereocenters. The molecule has 100 heavy (non-hydrogen) atoms. The Bertz CT molecular complexity index is 4000. The van der Waals surface area contributed by atoms with Gasteiger partial charge in [-0.05, 0) is 70.8 Å². The number of hydrogen-bond donors (Lipinski definition) is 1. The van der Waals surface area contributed by atoms with E-state index in [0.717, 1.165) is 26.5 Å². The van der Waals surface area contributed by atoms with Gasteiger partial charge in [0.05, 0.1) is 82.2 Å². The molecule has 4 fully saturated rings.